The fourth-order valence-corrected chi connectivity index (χ4v) is 4.26. The van der Waals surface area contributed by atoms with Gasteiger partial charge in [0.25, 0.3) is 0 Å². The van der Waals surface area contributed by atoms with Crippen LogP contribution in [-0.2, 0) is 28.6 Å². The molecule has 1 unspecified atom stereocenters. The molecule has 0 amide bonds. The quantitative estimate of drug-likeness (QED) is 0.0574. The Morgan fingerprint density at radius 1 is 0.587 bits per heavy atom. The van der Waals surface area contributed by atoms with Gasteiger partial charge in [-0.2, -0.15) is 11.8 Å². The molecule has 0 aliphatic heterocycles. The number of thioether (sulfide) groups is 1. The van der Waals surface area contributed by atoms with Crippen LogP contribution in [0.25, 0.3) is 0 Å². The Balaban J connectivity index is 4.33. The average molecular weight is 639 g/mol. The van der Waals surface area contributed by atoms with Gasteiger partial charge in [-0.3, -0.25) is 9.59 Å². The maximum absolute atomic E-state index is 12.3. The fraction of sp³-hybridized carbons (Fsp3) is 0.513. The number of esters is 3. The normalized spacial score (nSPS) is 9.02. The van der Waals surface area contributed by atoms with E-state index in [1.54, 1.807) is 6.92 Å². The van der Waals surface area contributed by atoms with E-state index in [1.807, 2.05) is 0 Å². The summed E-state index contributed by atoms with van der Waals surface area (Å²) in [6.45, 7) is 4.61. The highest BCUT2D eigenvalue weighted by Crippen LogP contribution is 2.13. The maximum Gasteiger partial charge on any atom is 0.385 e. The Labute approximate surface area is 281 Å². The van der Waals surface area contributed by atoms with Crippen molar-refractivity contribution in [2.75, 3.05) is 24.7 Å². The Bertz CT molecular complexity index is 1450. The average Bonchev–Trinajstić information content (AvgIpc) is 3.04. The van der Waals surface area contributed by atoms with E-state index in [0.717, 1.165) is 18.6 Å². The Hall–Kier alpha value is -4.76. The summed E-state index contributed by atoms with van der Waals surface area (Å²) < 4.78 is 15.3. The molecule has 0 aromatic carbocycles. The summed E-state index contributed by atoms with van der Waals surface area (Å²) in [6.07, 6.45) is 14.4. The van der Waals surface area contributed by atoms with Gasteiger partial charge in [-0.1, -0.05) is 83.5 Å². The van der Waals surface area contributed by atoms with Crippen LogP contribution in [0.2, 0.25) is 0 Å². The van der Waals surface area contributed by atoms with Crippen LogP contribution in [0.5, 0.6) is 0 Å². The second-order valence-electron chi connectivity index (χ2n) is 9.58. The molecule has 0 saturated heterocycles. The Kier molecular flexibility index (Phi) is 29.7. The van der Waals surface area contributed by atoms with Crippen molar-refractivity contribution in [3.63, 3.8) is 0 Å². The van der Waals surface area contributed by atoms with Crippen LogP contribution in [0.15, 0.2) is 0 Å². The molecule has 0 aromatic heterocycles. The van der Waals surface area contributed by atoms with Crippen LogP contribution >= 0.6 is 11.8 Å². The van der Waals surface area contributed by atoms with Gasteiger partial charge in [0.2, 0.25) is 0 Å². The van der Waals surface area contributed by atoms with Crippen molar-refractivity contribution in [3.05, 3.63) is 0 Å². The molecule has 0 N–H and O–H groups in total. The Morgan fingerprint density at radius 3 is 1.50 bits per heavy atom. The van der Waals surface area contributed by atoms with E-state index >= 15 is 0 Å². The summed E-state index contributed by atoms with van der Waals surface area (Å²) >= 11 is 1.49. The largest absolute Gasteiger partial charge is 0.462 e. The molecule has 0 aliphatic rings. The van der Waals surface area contributed by atoms with Crippen molar-refractivity contribution in [2.24, 2.45) is 0 Å². The molecular formula is C39H42O6S. The van der Waals surface area contributed by atoms with Crippen molar-refractivity contribution in [2.45, 2.75) is 104 Å². The lowest BCUT2D eigenvalue weighted by atomic mass is 10.1. The first-order valence-corrected chi connectivity index (χ1v) is 16.6. The van der Waals surface area contributed by atoms with Crippen LogP contribution < -0.4 is 0 Å². The van der Waals surface area contributed by atoms with E-state index in [4.69, 9.17) is 14.2 Å². The molecule has 46 heavy (non-hydrogen) atoms. The third-order valence-corrected chi connectivity index (χ3v) is 6.65. The summed E-state index contributed by atoms with van der Waals surface area (Å²) in [4.78, 5) is 35.4. The van der Waals surface area contributed by atoms with Gasteiger partial charge in [-0.25, -0.2) is 4.79 Å². The molecule has 0 bridgehead atoms. The van der Waals surface area contributed by atoms with Gasteiger partial charge >= 0.3 is 17.9 Å². The van der Waals surface area contributed by atoms with E-state index in [0.29, 0.717) is 0 Å². The van der Waals surface area contributed by atoms with E-state index in [1.165, 1.54) is 82.9 Å². The maximum atomic E-state index is 12.3. The molecule has 0 spiro atoms. The standard InChI is InChI=1S/C39H42O6S/c1-4-6-8-10-12-14-16-18-19-20-21-23-25-27-29-31-38(41)44-34-37(33-43-36(3)40)45-39(42)35-46-32-30-28-26-24-22-17-15-13-11-9-7-5-2/h37H,5,7,9,11,13,15,17,22,24,26,28,30,32-35H2,1-3H3. The van der Waals surface area contributed by atoms with Gasteiger partial charge < -0.3 is 14.2 Å². The summed E-state index contributed by atoms with van der Waals surface area (Å²) in [5, 5.41) is 0. The van der Waals surface area contributed by atoms with Crippen LogP contribution in [0.4, 0.5) is 0 Å². The van der Waals surface area contributed by atoms with Crippen LogP contribution in [0, 0.1) is 94.7 Å². The smallest absolute Gasteiger partial charge is 0.385 e. The van der Waals surface area contributed by atoms with Crippen molar-refractivity contribution >= 4 is 29.7 Å². The monoisotopic (exact) mass is 638 g/mol. The van der Waals surface area contributed by atoms with Crippen LogP contribution in [-0.4, -0.2) is 48.7 Å². The number of unbranched alkanes of at least 4 members (excludes halogenated alkanes) is 11. The number of hydrogen-bond acceptors (Lipinski definition) is 7. The first-order chi connectivity index (χ1) is 22.5. The number of hydrogen-bond donors (Lipinski definition) is 0. The molecule has 6 nitrogen and oxygen atoms in total. The van der Waals surface area contributed by atoms with Gasteiger partial charge in [-0.05, 0) is 102 Å². The molecule has 7 heteroatoms. The minimum absolute atomic E-state index is 0.161. The second kappa shape index (κ2) is 33.1. The highest BCUT2D eigenvalue weighted by molar-refractivity contribution is 7.99. The van der Waals surface area contributed by atoms with Crippen LogP contribution in [0.1, 0.15) is 97.8 Å². The van der Waals surface area contributed by atoms with Crippen molar-refractivity contribution in [1.82, 2.24) is 0 Å². The zero-order valence-corrected chi connectivity index (χ0v) is 28.1. The summed E-state index contributed by atoms with van der Waals surface area (Å²) in [6, 6.07) is 0. The molecule has 0 rings (SSSR count). The van der Waals surface area contributed by atoms with Gasteiger partial charge in [-0.15, -0.1) is 0 Å². The van der Waals surface area contributed by atoms with E-state index < -0.39 is 24.0 Å². The van der Waals surface area contributed by atoms with Crippen LogP contribution in [0.3, 0.4) is 0 Å². The molecule has 0 aromatic rings. The second-order valence-corrected chi connectivity index (χ2v) is 10.7. The third-order valence-electron chi connectivity index (χ3n) is 5.64. The molecule has 1 atom stereocenters. The molecule has 0 fully saturated rings. The zero-order valence-electron chi connectivity index (χ0n) is 27.2. The van der Waals surface area contributed by atoms with Gasteiger partial charge in [0, 0.05) is 12.8 Å². The third kappa shape index (κ3) is 32.2. The molecule has 240 valence electrons. The highest BCUT2D eigenvalue weighted by atomic mass is 32.2. The van der Waals surface area contributed by atoms with Crippen molar-refractivity contribution < 1.29 is 28.6 Å². The zero-order chi connectivity index (χ0) is 33.8. The molecular weight excluding hydrogens is 596 g/mol. The minimum Gasteiger partial charge on any atom is -0.462 e. The van der Waals surface area contributed by atoms with E-state index in [2.05, 4.69) is 102 Å². The lowest BCUT2D eigenvalue weighted by Crippen LogP contribution is -2.31. The first-order valence-electron chi connectivity index (χ1n) is 15.5. The first kappa shape index (κ1) is 41.2. The SMILES string of the molecule is CC#CC#CC#CC#CC#CC#CC#CC#CC(=O)OCC(COC(C)=O)OC(=O)CSCCCCCCCCCCCCCC. The summed E-state index contributed by atoms with van der Waals surface area (Å²) in [7, 11) is 0. The number of carbonyl (C=O) groups is 3. The molecule has 0 heterocycles. The number of ether oxygens (including phenoxy) is 3. The van der Waals surface area contributed by atoms with E-state index in [-0.39, 0.29) is 19.0 Å². The van der Waals surface area contributed by atoms with E-state index in [9.17, 15) is 14.4 Å². The summed E-state index contributed by atoms with van der Waals surface area (Å²) in [5.74, 6) is 38.4. The summed E-state index contributed by atoms with van der Waals surface area (Å²) in [5.41, 5.74) is 0. The van der Waals surface area contributed by atoms with Gasteiger partial charge in [0.15, 0.2) is 6.10 Å². The van der Waals surface area contributed by atoms with Crippen molar-refractivity contribution in [1.29, 1.82) is 0 Å². The number of carbonyl (C=O) groups excluding carboxylic acids is 3. The fourth-order valence-electron chi connectivity index (χ4n) is 3.47. The Morgan fingerprint density at radius 2 is 1.02 bits per heavy atom. The van der Waals surface area contributed by atoms with Gasteiger partial charge in [0.05, 0.1) is 5.75 Å². The minimum atomic E-state index is -0.942. The van der Waals surface area contributed by atoms with Crippen molar-refractivity contribution in [3.8, 4) is 94.7 Å². The predicted molar refractivity (Wildman–Crippen MR) is 184 cm³/mol. The lowest BCUT2D eigenvalue weighted by Gasteiger charge is -2.17. The topological polar surface area (TPSA) is 78.9 Å². The van der Waals surface area contributed by atoms with Gasteiger partial charge in [0.1, 0.15) is 13.2 Å². The predicted octanol–water partition coefficient (Wildman–Crippen LogP) is 5.49. The highest BCUT2D eigenvalue weighted by Gasteiger charge is 2.18. The molecule has 0 saturated carbocycles. The number of rotatable bonds is 20. The molecule has 0 radical (unpaired) electrons. The molecule has 0 aliphatic carbocycles. The lowest BCUT2D eigenvalue weighted by molar-refractivity contribution is -0.162.